The van der Waals surface area contributed by atoms with Gasteiger partial charge in [0.1, 0.15) is 17.5 Å². The molecule has 2 aliphatic rings. The lowest BCUT2D eigenvalue weighted by atomic mass is 9.83. The third-order valence-electron chi connectivity index (χ3n) is 7.40. The summed E-state index contributed by atoms with van der Waals surface area (Å²) < 4.78 is 48.2. The van der Waals surface area contributed by atoms with Crippen LogP contribution >= 0.6 is 34.7 Å². The second-order valence-corrected chi connectivity index (χ2v) is 12.6. The van der Waals surface area contributed by atoms with Crippen molar-refractivity contribution < 1.29 is 32.3 Å². The van der Waals surface area contributed by atoms with Gasteiger partial charge in [0.2, 0.25) is 17.7 Å². The Balaban J connectivity index is 1.41. The number of para-hydroxylation sites is 1. The maximum absolute atomic E-state index is 14.0. The quantitative estimate of drug-likeness (QED) is 0.254. The first kappa shape index (κ1) is 30.0. The van der Waals surface area contributed by atoms with E-state index in [0.29, 0.717) is 36.8 Å². The van der Waals surface area contributed by atoms with Crippen LogP contribution in [0.2, 0.25) is 5.02 Å². The molecule has 3 unspecified atom stereocenters. The molecule has 2 aliphatic heterocycles. The number of alkyl halides is 3. The summed E-state index contributed by atoms with van der Waals surface area (Å²) in [4.78, 5) is 54.6. The fourth-order valence-corrected chi connectivity index (χ4v) is 8.35. The normalized spacial score (nSPS) is 19.5. The molecule has 3 amide bonds. The Bertz CT molecular complexity index is 1840. The molecule has 0 aliphatic carbocycles. The van der Waals surface area contributed by atoms with E-state index < -0.39 is 63.7 Å². The van der Waals surface area contributed by atoms with Crippen molar-refractivity contribution in [3.63, 3.8) is 0 Å². The predicted octanol–water partition coefficient (Wildman–Crippen LogP) is 6.03. The predicted molar refractivity (Wildman–Crippen MR) is 161 cm³/mol. The number of carbonyl (C=O) groups is 3. The van der Waals surface area contributed by atoms with E-state index in [1.54, 1.807) is 48.5 Å². The molecule has 4 aromatic rings. The molecule has 1 aromatic heterocycles. The molecular formula is C30H21ClF3N3O5S2. The molecule has 14 heteroatoms. The molecule has 3 aromatic carbocycles. The number of amides is 3. The Labute approximate surface area is 261 Å². The molecule has 0 spiro atoms. The summed E-state index contributed by atoms with van der Waals surface area (Å²) >= 11 is 7.84. The summed E-state index contributed by atoms with van der Waals surface area (Å²) in [6.07, 6.45) is -4.82. The van der Waals surface area contributed by atoms with Crippen molar-refractivity contribution in [3.05, 3.63) is 103 Å². The van der Waals surface area contributed by atoms with Gasteiger partial charge >= 0.3 is 11.0 Å². The zero-order chi connectivity index (χ0) is 31.3. The highest BCUT2D eigenvalue weighted by Gasteiger charge is 2.57. The third kappa shape index (κ3) is 5.29. The highest BCUT2D eigenvalue weighted by molar-refractivity contribution is 8.00. The maximum Gasteiger partial charge on any atom is 0.418 e. The van der Waals surface area contributed by atoms with Crippen LogP contribution in [-0.4, -0.2) is 34.6 Å². The average Bonchev–Trinajstić information content (AvgIpc) is 3.43. The minimum atomic E-state index is -4.82. The first-order chi connectivity index (χ1) is 21.0. The van der Waals surface area contributed by atoms with Gasteiger partial charge in [0.15, 0.2) is 0 Å². The van der Waals surface area contributed by atoms with Crippen molar-refractivity contribution in [2.24, 2.45) is 5.92 Å². The first-order valence-corrected chi connectivity index (χ1v) is 15.2. The van der Waals surface area contributed by atoms with Gasteiger partial charge in [-0.05, 0) is 54.1 Å². The number of aromatic nitrogens is 1. The van der Waals surface area contributed by atoms with Gasteiger partial charge in [-0.2, -0.15) is 13.2 Å². The number of methoxy groups -OCH3 is 1. The minimum Gasteiger partial charge on any atom is -0.497 e. The molecule has 3 atom stereocenters. The van der Waals surface area contributed by atoms with Crippen LogP contribution in [0.4, 0.5) is 24.5 Å². The first-order valence-electron chi connectivity index (χ1n) is 13.1. The number of nitrogens with zero attached hydrogens (tertiary/aromatic N) is 2. The summed E-state index contributed by atoms with van der Waals surface area (Å²) in [5, 5.41) is 2.28. The van der Waals surface area contributed by atoms with Crippen LogP contribution in [0, 0.1) is 5.92 Å². The number of thioether (sulfide) groups is 1. The lowest BCUT2D eigenvalue weighted by Crippen LogP contribution is -2.33. The largest absolute Gasteiger partial charge is 0.497 e. The van der Waals surface area contributed by atoms with E-state index in [-0.39, 0.29) is 0 Å². The lowest BCUT2D eigenvalue weighted by molar-refractivity contribution is -0.137. The number of carbonyl (C=O) groups excluding carboxylic acids is 3. The van der Waals surface area contributed by atoms with Gasteiger partial charge in [0, 0.05) is 21.5 Å². The van der Waals surface area contributed by atoms with E-state index in [1.165, 1.54) is 23.8 Å². The van der Waals surface area contributed by atoms with Crippen LogP contribution in [0.5, 0.6) is 5.75 Å². The van der Waals surface area contributed by atoms with E-state index in [0.717, 1.165) is 35.2 Å². The molecule has 0 bridgehead atoms. The molecule has 8 nitrogen and oxygen atoms in total. The summed E-state index contributed by atoms with van der Waals surface area (Å²) in [6.45, 7) is -0.392. The maximum atomic E-state index is 14.0. The summed E-state index contributed by atoms with van der Waals surface area (Å²) in [5.41, 5.74) is -0.654. The number of anilines is 2. The van der Waals surface area contributed by atoms with Gasteiger partial charge in [-0.3, -0.25) is 23.7 Å². The fraction of sp³-hybridized carbons (Fsp3) is 0.200. The second kappa shape index (κ2) is 11.5. The SMILES string of the molecule is COc1ccc(NC(=O)Cn2c3c(sc2=O)C(c2ccc(Cl)cc2)C2C(=O)N(c4ccccc4C(F)(F)F)C(=O)C2S3)cc1. The Hall–Kier alpha value is -4.07. The van der Waals surface area contributed by atoms with Gasteiger partial charge < -0.3 is 10.1 Å². The molecule has 1 fully saturated rings. The van der Waals surface area contributed by atoms with Gasteiger partial charge in [-0.25, -0.2) is 4.90 Å². The second-order valence-electron chi connectivity index (χ2n) is 10.0. The Morgan fingerprint density at radius 2 is 1.66 bits per heavy atom. The minimum absolute atomic E-state index is 0.304. The van der Waals surface area contributed by atoms with Crippen LogP contribution in [0.15, 0.2) is 82.6 Å². The summed E-state index contributed by atoms with van der Waals surface area (Å²) in [7, 11) is 1.51. The van der Waals surface area contributed by atoms with Crippen LogP contribution in [0.25, 0.3) is 0 Å². The molecule has 0 saturated carbocycles. The van der Waals surface area contributed by atoms with Crippen LogP contribution in [0.3, 0.4) is 0 Å². The van der Waals surface area contributed by atoms with Gasteiger partial charge in [0.05, 0.1) is 29.3 Å². The number of rotatable bonds is 6. The smallest absolute Gasteiger partial charge is 0.418 e. The monoisotopic (exact) mass is 659 g/mol. The van der Waals surface area contributed by atoms with Crippen molar-refractivity contribution in [1.29, 1.82) is 0 Å². The zero-order valence-electron chi connectivity index (χ0n) is 22.6. The molecule has 0 radical (unpaired) electrons. The Kier molecular flexibility index (Phi) is 7.80. The van der Waals surface area contributed by atoms with Crippen molar-refractivity contribution in [2.75, 3.05) is 17.3 Å². The summed E-state index contributed by atoms with van der Waals surface area (Å²) in [6, 6.07) is 17.5. The number of hydrogen-bond acceptors (Lipinski definition) is 7. The van der Waals surface area contributed by atoms with E-state index in [4.69, 9.17) is 16.3 Å². The Morgan fingerprint density at radius 1 is 0.977 bits per heavy atom. The number of thiazole rings is 1. The highest BCUT2D eigenvalue weighted by Crippen LogP contribution is 2.54. The molecular weight excluding hydrogens is 639 g/mol. The topological polar surface area (TPSA) is 97.7 Å². The van der Waals surface area contributed by atoms with E-state index in [1.807, 2.05) is 0 Å². The molecule has 6 rings (SSSR count). The molecule has 226 valence electrons. The van der Waals surface area contributed by atoms with E-state index >= 15 is 0 Å². The third-order valence-corrected chi connectivity index (χ3v) is 10.3. The van der Waals surface area contributed by atoms with Crippen molar-refractivity contribution in [3.8, 4) is 5.75 Å². The van der Waals surface area contributed by atoms with Crippen molar-refractivity contribution >= 4 is 63.8 Å². The lowest BCUT2D eigenvalue weighted by Gasteiger charge is -2.30. The standard InChI is InChI=1S/C30H21ClF3N3O5S2/c1-42-18-12-10-17(11-13-18)35-21(38)14-36-28-25(44-29(36)41)22(15-6-8-16(31)9-7-15)23-24(43-28)27(40)37(26(23)39)20-5-3-2-4-19(20)30(32,33)34/h2-13,22-24H,14H2,1H3,(H,35,38). The van der Waals surface area contributed by atoms with E-state index in [9.17, 15) is 32.3 Å². The molecule has 3 heterocycles. The molecule has 1 saturated heterocycles. The van der Waals surface area contributed by atoms with Crippen LogP contribution < -0.4 is 19.8 Å². The van der Waals surface area contributed by atoms with Gasteiger partial charge in [-0.15, -0.1) is 0 Å². The van der Waals surface area contributed by atoms with Crippen molar-refractivity contribution in [1.82, 2.24) is 4.57 Å². The number of imide groups is 1. The fourth-order valence-electron chi connectivity index (χ4n) is 5.45. The number of nitrogens with one attached hydrogen (secondary N) is 1. The number of benzene rings is 3. The van der Waals surface area contributed by atoms with Crippen molar-refractivity contribution in [2.45, 2.75) is 28.9 Å². The molecule has 44 heavy (non-hydrogen) atoms. The van der Waals surface area contributed by atoms with Crippen LogP contribution in [0.1, 0.15) is 21.9 Å². The van der Waals surface area contributed by atoms with Gasteiger partial charge in [-0.1, -0.05) is 59.0 Å². The van der Waals surface area contributed by atoms with Gasteiger partial charge in [0.25, 0.3) is 0 Å². The summed E-state index contributed by atoms with van der Waals surface area (Å²) in [5.74, 6) is -3.52. The zero-order valence-corrected chi connectivity index (χ0v) is 25.0. The Morgan fingerprint density at radius 3 is 2.32 bits per heavy atom. The highest BCUT2D eigenvalue weighted by atomic mass is 35.5. The van der Waals surface area contributed by atoms with Crippen LogP contribution in [-0.2, 0) is 27.1 Å². The number of hydrogen-bond donors (Lipinski definition) is 1. The molecule has 1 N–H and O–H groups in total. The average molecular weight is 660 g/mol. The van der Waals surface area contributed by atoms with E-state index in [2.05, 4.69) is 5.32 Å². The number of halogens is 4. The number of fused-ring (bicyclic) bond motifs is 2. The number of ether oxygens (including phenoxy) is 1.